The summed E-state index contributed by atoms with van der Waals surface area (Å²) in [5, 5.41) is 2.50. The Hall–Kier alpha value is -2.32. The summed E-state index contributed by atoms with van der Waals surface area (Å²) >= 11 is 7.15. The zero-order valence-electron chi connectivity index (χ0n) is 13.8. The van der Waals surface area contributed by atoms with Gasteiger partial charge in [-0.25, -0.2) is 14.4 Å². The number of fused-ring (bicyclic) bond motifs is 1. The van der Waals surface area contributed by atoms with E-state index in [9.17, 15) is 14.0 Å². The number of aromatic nitrogens is 3. The maximum absolute atomic E-state index is 13.6. The van der Waals surface area contributed by atoms with Crippen molar-refractivity contribution in [2.45, 2.75) is 19.1 Å². The van der Waals surface area contributed by atoms with Gasteiger partial charge >= 0.3 is 0 Å². The summed E-state index contributed by atoms with van der Waals surface area (Å²) in [4.78, 5) is 34.5. The minimum absolute atomic E-state index is 0.0641. The first-order valence-corrected chi connectivity index (χ1v) is 9.15. The molecule has 4 heterocycles. The zero-order valence-corrected chi connectivity index (χ0v) is 15.4. The number of nitrogens with zero attached hydrogens (tertiary/aromatic N) is 4. The van der Waals surface area contributed by atoms with Crippen LogP contribution in [0.2, 0.25) is 5.28 Å². The first-order chi connectivity index (χ1) is 12.3. The van der Waals surface area contributed by atoms with Crippen LogP contribution in [0.3, 0.4) is 0 Å². The summed E-state index contributed by atoms with van der Waals surface area (Å²) in [6.07, 6.45) is 4.71. The highest BCUT2D eigenvalue weighted by Gasteiger charge is 2.41. The molecule has 9 heteroatoms. The monoisotopic (exact) mass is 392 g/mol. The van der Waals surface area contributed by atoms with Gasteiger partial charge in [0, 0.05) is 39.8 Å². The van der Waals surface area contributed by atoms with Crippen LogP contribution in [-0.2, 0) is 11.3 Å². The lowest BCUT2D eigenvalue weighted by Gasteiger charge is -2.42. The van der Waals surface area contributed by atoms with E-state index in [0.717, 1.165) is 4.70 Å². The van der Waals surface area contributed by atoms with Crippen molar-refractivity contribution in [1.82, 2.24) is 19.4 Å². The topological polar surface area (TPSA) is 68.1 Å². The summed E-state index contributed by atoms with van der Waals surface area (Å²) in [6.45, 7) is 1.47. The van der Waals surface area contributed by atoms with Gasteiger partial charge in [-0.2, -0.15) is 0 Å². The third kappa shape index (κ3) is 2.99. The van der Waals surface area contributed by atoms with Crippen LogP contribution in [0.5, 0.6) is 0 Å². The number of carbonyl (C=O) groups excluding carboxylic acids is 1. The molecule has 0 radical (unpaired) electrons. The van der Waals surface area contributed by atoms with E-state index in [4.69, 9.17) is 11.6 Å². The number of carbonyl (C=O) groups is 1. The Bertz CT molecular complexity index is 1050. The number of hydrogen-bond acceptors (Lipinski definition) is 5. The molecule has 3 aromatic rings. The van der Waals surface area contributed by atoms with Crippen LogP contribution in [-0.4, -0.2) is 44.1 Å². The molecule has 4 rings (SSSR count). The second kappa shape index (κ2) is 6.14. The van der Waals surface area contributed by atoms with Crippen molar-refractivity contribution in [3.63, 3.8) is 0 Å². The molecule has 6 nitrogen and oxygen atoms in total. The first kappa shape index (κ1) is 17.1. The lowest BCUT2D eigenvalue weighted by Crippen LogP contribution is -2.60. The summed E-state index contributed by atoms with van der Waals surface area (Å²) in [5.41, 5.74) is -0.225. The number of rotatable bonds is 3. The van der Waals surface area contributed by atoms with E-state index < -0.39 is 5.67 Å². The highest BCUT2D eigenvalue weighted by molar-refractivity contribution is 7.17. The minimum atomic E-state index is -1.33. The molecule has 0 aliphatic carbocycles. The molecule has 0 spiro atoms. The van der Waals surface area contributed by atoms with Crippen LogP contribution in [0.1, 0.15) is 6.92 Å². The number of thiophene rings is 1. The maximum atomic E-state index is 13.6. The Morgan fingerprint density at radius 1 is 1.38 bits per heavy atom. The van der Waals surface area contributed by atoms with Gasteiger partial charge in [0.15, 0.2) is 0 Å². The van der Waals surface area contributed by atoms with Gasteiger partial charge in [-0.1, -0.05) is 0 Å². The normalized spacial score (nSPS) is 15.9. The van der Waals surface area contributed by atoms with Gasteiger partial charge in [0.25, 0.3) is 5.56 Å². The molecule has 0 bridgehead atoms. The maximum Gasteiger partial charge on any atom is 0.260 e. The van der Waals surface area contributed by atoms with Crippen molar-refractivity contribution >= 4 is 38.9 Å². The summed E-state index contributed by atoms with van der Waals surface area (Å²) < 4.78 is 15.7. The largest absolute Gasteiger partial charge is 0.335 e. The lowest BCUT2D eigenvalue weighted by atomic mass is 9.99. The van der Waals surface area contributed by atoms with Crippen molar-refractivity contribution in [2.24, 2.45) is 0 Å². The van der Waals surface area contributed by atoms with Gasteiger partial charge in [0.2, 0.25) is 11.2 Å². The minimum Gasteiger partial charge on any atom is -0.335 e. The van der Waals surface area contributed by atoms with Crippen LogP contribution in [0.25, 0.3) is 21.2 Å². The number of likely N-dealkylation sites (tertiary alicyclic amines) is 1. The number of halogens is 2. The van der Waals surface area contributed by atoms with E-state index in [1.807, 2.05) is 5.38 Å². The molecule has 26 heavy (non-hydrogen) atoms. The standard InChI is InChI=1S/C17H14ClFN4O2S/c1-17(19)8-23(9-17)13(24)6-22-3-2-12-14(15(22)25)11(7-26-12)10-4-20-16(18)21-5-10/h2-5,7H,6,8-9H2,1H3. The fraction of sp³-hybridized carbons (Fsp3) is 0.294. The molecule has 0 N–H and O–H groups in total. The van der Waals surface area contributed by atoms with E-state index in [-0.39, 0.29) is 36.4 Å². The molecule has 3 aromatic heterocycles. The predicted molar refractivity (Wildman–Crippen MR) is 98.2 cm³/mol. The third-order valence-corrected chi connectivity index (χ3v) is 5.47. The second-order valence-electron chi connectivity index (χ2n) is 6.54. The Balaban J connectivity index is 1.68. The van der Waals surface area contributed by atoms with Crippen LogP contribution >= 0.6 is 22.9 Å². The van der Waals surface area contributed by atoms with Crippen molar-refractivity contribution in [3.05, 3.63) is 45.7 Å². The first-order valence-electron chi connectivity index (χ1n) is 7.89. The smallest absolute Gasteiger partial charge is 0.260 e. The molecular formula is C17H14ClFN4O2S. The Labute approximate surface area is 156 Å². The lowest BCUT2D eigenvalue weighted by molar-refractivity contribution is -0.144. The van der Waals surface area contributed by atoms with E-state index in [0.29, 0.717) is 16.5 Å². The molecule has 1 aliphatic heterocycles. The molecule has 1 amide bonds. The highest BCUT2D eigenvalue weighted by atomic mass is 35.5. The van der Waals surface area contributed by atoms with E-state index in [1.54, 1.807) is 24.7 Å². The molecular weight excluding hydrogens is 379 g/mol. The van der Waals surface area contributed by atoms with Crippen LogP contribution in [0.15, 0.2) is 34.8 Å². The number of hydrogen-bond donors (Lipinski definition) is 0. The van der Waals surface area contributed by atoms with Gasteiger partial charge in [-0.15, -0.1) is 11.3 Å². The Morgan fingerprint density at radius 2 is 2.08 bits per heavy atom. The van der Waals surface area contributed by atoms with E-state index in [2.05, 4.69) is 9.97 Å². The number of amides is 1. The van der Waals surface area contributed by atoms with Crippen molar-refractivity contribution in [2.75, 3.05) is 13.1 Å². The number of pyridine rings is 1. The molecule has 0 unspecified atom stereocenters. The number of alkyl halides is 1. The van der Waals surface area contributed by atoms with Crippen molar-refractivity contribution in [1.29, 1.82) is 0 Å². The van der Waals surface area contributed by atoms with Gasteiger partial charge in [0.1, 0.15) is 12.2 Å². The van der Waals surface area contributed by atoms with Crippen molar-refractivity contribution in [3.8, 4) is 11.1 Å². The van der Waals surface area contributed by atoms with Crippen LogP contribution in [0.4, 0.5) is 4.39 Å². The summed E-state index contributed by atoms with van der Waals surface area (Å²) in [5.74, 6) is -0.270. The zero-order chi connectivity index (χ0) is 18.5. The van der Waals surface area contributed by atoms with Crippen molar-refractivity contribution < 1.29 is 9.18 Å². The fourth-order valence-corrected chi connectivity index (χ4v) is 4.10. The summed E-state index contributed by atoms with van der Waals surface area (Å²) in [7, 11) is 0. The third-order valence-electron chi connectivity index (χ3n) is 4.33. The molecule has 1 aliphatic rings. The SMILES string of the molecule is CC1(F)CN(C(=O)Cn2ccc3scc(-c4cnc(Cl)nc4)c3c2=O)C1. The molecule has 1 fully saturated rings. The van der Waals surface area contributed by atoms with Crippen LogP contribution < -0.4 is 5.56 Å². The quantitative estimate of drug-likeness (QED) is 0.643. The fourth-order valence-electron chi connectivity index (χ4n) is 3.05. The summed E-state index contributed by atoms with van der Waals surface area (Å²) in [6, 6.07) is 1.80. The average Bonchev–Trinajstić information content (AvgIpc) is 3.00. The Kier molecular flexibility index (Phi) is 4.04. The van der Waals surface area contributed by atoms with Gasteiger partial charge in [0.05, 0.1) is 18.5 Å². The average molecular weight is 393 g/mol. The predicted octanol–water partition coefficient (Wildman–Crippen LogP) is 2.74. The van der Waals surface area contributed by atoms with E-state index in [1.165, 1.54) is 27.7 Å². The Morgan fingerprint density at radius 3 is 2.73 bits per heavy atom. The van der Waals surface area contributed by atoms with Gasteiger partial charge in [-0.05, 0) is 24.6 Å². The second-order valence-corrected chi connectivity index (χ2v) is 7.79. The molecule has 0 atom stereocenters. The van der Waals surface area contributed by atoms with Gasteiger partial charge in [-0.3, -0.25) is 9.59 Å². The van der Waals surface area contributed by atoms with Crippen LogP contribution in [0, 0.1) is 0 Å². The van der Waals surface area contributed by atoms with E-state index >= 15 is 0 Å². The molecule has 1 saturated heterocycles. The molecule has 0 aromatic carbocycles. The molecule has 134 valence electrons. The van der Waals surface area contributed by atoms with Gasteiger partial charge < -0.3 is 9.47 Å². The highest BCUT2D eigenvalue weighted by Crippen LogP contribution is 2.31. The molecule has 0 saturated carbocycles.